The third kappa shape index (κ3) is 3.44. The summed E-state index contributed by atoms with van der Waals surface area (Å²) in [4.78, 5) is 38.3. The number of carboxylic acids is 1. The summed E-state index contributed by atoms with van der Waals surface area (Å²) in [6.45, 7) is 3.81. The van der Waals surface area contributed by atoms with Crippen molar-refractivity contribution in [3.63, 3.8) is 0 Å². The number of aliphatic carboxylic acids is 1. The fourth-order valence-corrected chi connectivity index (χ4v) is 2.74. The van der Waals surface area contributed by atoms with Gasteiger partial charge in [-0.25, -0.2) is 4.79 Å². The van der Waals surface area contributed by atoms with E-state index in [1.165, 1.54) is 0 Å². The van der Waals surface area contributed by atoms with Crippen molar-refractivity contribution in [1.82, 2.24) is 15.1 Å². The number of carbonyl (C=O) groups is 3. The van der Waals surface area contributed by atoms with E-state index in [4.69, 9.17) is 4.74 Å². The number of carbonyl (C=O) groups excluding carboxylic acids is 2. The molecule has 2 fully saturated rings. The van der Waals surface area contributed by atoms with Crippen LogP contribution in [-0.4, -0.2) is 78.2 Å². The lowest BCUT2D eigenvalue weighted by atomic mass is 10.0. The molecule has 2 saturated heterocycles. The normalized spacial score (nSPS) is 26.1. The van der Waals surface area contributed by atoms with Crippen LogP contribution in [0.5, 0.6) is 0 Å². The summed E-state index contributed by atoms with van der Waals surface area (Å²) >= 11 is 0. The number of urea groups is 1. The Morgan fingerprint density at radius 1 is 1.43 bits per heavy atom. The lowest BCUT2D eigenvalue weighted by molar-refractivity contribution is -0.142. The highest BCUT2D eigenvalue weighted by Crippen LogP contribution is 2.21. The van der Waals surface area contributed by atoms with Gasteiger partial charge in [-0.2, -0.15) is 0 Å². The van der Waals surface area contributed by atoms with E-state index in [-0.39, 0.29) is 31.6 Å². The van der Waals surface area contributed by atoms with Gasteiger partial charge in [-0.05, 0) is 6.92 Å². The smallest absolute Gasteiger partial charge is 0.320 e. The molecule has 0 spiro atoms. The quantitative estimate of drug-likeness (QED) is 0.721. The van der Waals surface area contributed by atoms with Crippen LogP contribution < -0.4 is 5.32 Å². The Morgan fingerprint density at radius 3 is 2.86 bits per heavy atom. The molecule has 2 unspecified atom stereocenters. The van der Waals surface area contributed by atoms with Gasteiger partial charge >= 0.3 is 12.0 Å². The van der Waals surface area contributed by atoms with Gasteiger partial charge in [0.2, 0.25) is 5.91 Å². The van der Waals surface area contributed by atoms with Gasteiger partial charge in [0.05, 0.1) is 19.3 Å². The molecule has 0 bridgehead atoms. The fourth-order valence-electron chi connectivity index (χ4n) is 2.74. The van der Waals surface area contributed by atoms with Gasteiger partial charge in [0.25, 0.3) is 0 Å². The minimum atomic E-state index is -0.948. The minimum absolute atomic E-state index is 0.0686. The number of rotatable bonds is 3. The van der Waals surface area contributed by atoms with Gasteiger partial charge < -0.3 is 25.0 Å². The molecule has 0 saturated carbocycles. The third-order valence-corrected chi connectivity index (χ3v) is 3.94. The van der Waals surface area contributed by atoms with Crippen LogP contribution in [0.15, 0.2) is 0 Å². The summed E-state index contributed by atoms with van der Waals surface area (Å²) < 4.78 is 5.23. The monoisotopic (exact) mass is 299 g/mol. The summed E-state index contributed by atoms with van der Waals surface area (Å²) in [6.07, 6.45) is 0.271. The summed E-state index contributed by atoms with van der Waals surface area (Å²) in [6, 6.07) is -0.678. The highest BCUT2D eigenvalue weighted by molar-refractivity contribution is 5.80. The number of ether oxygens (including phenoxy) is 1. The average Bonchev–Trinajstić information content (AvgIpc) is 2.82. The molecule has 2 rings (SSSR count). The van der Waals surface area contributed by atoms with Crippen molar-refractivity contribution in [2.24, 2.45) is 5.92 Å². The third-order valence-electron chi connectivity index (χ3n) is 3.94. The molecule has 0 aliphatic carbocycles. The van der Waals surface area contributed by atoms with Crippen LogP contribution in [0.1, 0.15) is 13.3 Å². The van der Waals surface area contributed by atoms with Crippen molar-refractivity contribution in [2.45, 2.75) is 19.4 Å². The highest BCUT2D eigenvalue weighted by Gasteiger charge is 2.40. The molecule has 8 heteroatoms. The highest BCUT2D eigenvalue weighted by atomic mass is 16.5. The number of carboxylic acid groups (broad SMARTS) is 1. The molecule has 0 radical (unpaired) electrons. The Kier molecular flexibility index (Phi) is 5.00. The Morgan fingerprint density at radius 2 is 2.19 bits per heavy atom. The maximum Gasteiger partial charge on any atom is 0.320 e. The van der Waals surface area contributed by atoms with Crippen molar-refractivity contribution >= 4 is 17.9 Å². The van der Waals surface area contributed by atoms with E-state index in [0.29, 0.717) is 26.2 Å². The first-order valence-corrected chi connectivity index (χ1v) is 7.17. The van der Waals surface area contributed by atoms with Crippen molar-refractivity contribution in [3.8, 4) is 0 Å². The molecule has 0 aromatic rings. The molecule has 2 N–H and O–H groups in total. The molecule has 2 aliphatic heterocycles. The zero-order chi connectivity index (χ0) is 15.4. The lowest BCUT2D eigenvalue weighted by Crippen LogP contribution is -2.52. The van der Waals surface area contributed by atoms with E-state index in [2.05, 4.69) is 5.32 Å². The topological polar surface area (TPSA) is 99.2 Å². The van der Waals surface area contributed by atoms with E-state index >= 15 is 0 Å². The Balaban J connectivity index is 2.07. The SMILES string of the molecule is CCN(C(=O)N1CCNC(=O)CC1)C1COCC1C(=O)O. The first kappa shape index (κ1) is 15.6. The van der Waals surface area contributed by atoms with Crippen molar-refractivity contribution < 1.29 is 24.2 Å². The molecular formula is C13H21N3O5. The van der Waals surface area contributed by atoms with Crippen LogP contribution in [-0.2, 0) is 14.3 Å². The zero-order valence-electron chi connectivity index (χ0n) is 12.1. The maximum atomic E-state index is 12.6. The molecule has 2 atom stereocenters. The van der Waals surface area contributed by atoms with Crippen LogP contribution >= 0.6 is 0 Å². The number of hydrogen-bond donors (Lipinski definition) is 2. The maximum absolute atomic E-state index is 12.6. The van der Waals surface area contributed by atoms with Crippen LogP contribution in [0, 0.1) is 5.92 Å². The first-order chi connectivity index (χ1) is 10.0. The fraction of sp³-hybridized carbons (Fsp3) is 0.769. The predicted molar refractivity (Wildman–Crippen MR) is 72.7 cm³/mol. The lowest BCUT2D eigenvalue weighted by Gasteiger charge is -2.34. The number of amides is 3. The van der Waals surface area contributed by atoms with Gasteiger partial charge in [0.1, 0.15) is 5.92 Å². The van der Waals surface area contributed by atoms with E-state index in [1.807, 2.05) is 6.92 Å². The Hall–Kier alpha value is -1.83. The second-order valence-electron chi connectivity index (χ2n) is 5.21. The van der Waals surface area contributed by atoms with E-state index in [1.54, 1.807) is 9.80 Å². The molecule has 8 nitrogen and oxygen atoms in total. The molecule has 2 heterocycles. The summed E-state index contributed by atoms with van der Waals surface area (Å²) in [5.41, 5.74) is 0. The zero-order valence-corrected chi connectivity index (χ0v) is 12.1. The number of likely N-dealkylation sites (N-methyl/N-ethyl adjacent to an activating group) is 1. The molecule has 0 aromatic carbocycles. The van der Waals surface area contributed by atoms with Gasteiger partial charge in [-0.3, -0.25) is 9.59 Å². The number of hydrogen-bond acceptors (Lipinski definition) is 4. The molecule has 2 aliphatic rings. The van der Waals surface area contributed by atoms with E-state index < -0.39 is 17.9 Å². The molecule has 3 amide bonds. The second-order valence-corrected chi connectivity index (χ2v) is 5.21. The van der Waals surface area contributed by atoms with Crippen molar-refractivity contribution in [1.29, 1.82) is 0 Å². The summed E-state index contributed by atoms with van der Waals surface area (Å²) in [5, 5.41) is 11.9. The summed E-state index contributed by atoms with van der Waals surface area (Å²) in [5.74, 6) is -1.71. The molecule has 118 valence electrons. The number of nitrogens with one attached hydrogen (secondary N) is 1. The Bertz CT molecular complexity index is 428. The Labute approximate surface area is 123 Å². The van der Waals surface area contributed by atoms with Crippen LogP contribution in [0.25, 0.3) is 0 Å². The predicted octanol–water partition coefficient (Wildman–Crippen LogP) is -0.650. The van der Waals surface area contributed by atoms with Gasteiger partial charge in [0, 0.05) is 32.6 Å². The van der Waals surface area contributed by atoms with Gasteiger partial charge in [-0.1, -0.05) is 0 Å². The van der Waals surface area contributed by atoms with E-state index in [0.717, 1.165) is 0 Å². The van der Waals surface area contributed by atoms with Crippen molar-refractivity contribution in [3.05, 3.63) is 0 Å². The van der Waals surface area contributed by atoms with Crippen LogP contribution in [0.3, 0.4) is 0 Å². The molecule has 21 heavy (non-hydrogen) atoms. The van der Waals surface area contributed by atoms with Gasteiger partial charge in [-0.15, -0.1) is 0 Å². The van der Waals surface area contributed by atoms with Crippen LogP contribution in [0.2, 0.25) is 0 Å². The van der Waals surface area contributed by atoms with Gasteiger partial charge in [0.15, 0.2) is 0 Å². The molecular weight excluding hydrogens is 278 g/mol. The van der Waals surface area contributed by atoms with Crippen LogP contribution in [0.4, 0.5) is 4.79 Å². The molecule has 0 aromatic heterocycles. The summed E-state index contributed by atoms with van der Waals surface area (Å²) in [7, 11) is 0. The number of nitrogens with zero attached hydrogens (tertiary/aromatic N) is 2. The van der Waals surface area contributed by atoms with Crippen molar-refractivity contribution in [2.75, 3.05) is 39.4 Å². The average molecular weight is 299 g/mol. The van der Waals surface area contributed by atoms with E-state index in [9.17, 15) is 19.5 Å². The second kappa shape index (κ2) is 6.75. The standard InChI is InChI=1S/C13H21N3O5/c1-2-16(10-8-21-7-9(10)12(18)19)13(20)15-5-3-11(17)14-4-6-15/h9-10H,2-8H2,1H3,(H,14,17)(H,18,19). The minimum Gasteiger partial charge on any atom is -0.481 e. The largest absolute Gasteiger partial charge is 0.481 e. The first-order valence-electron chi connectivity index (χ1n) is 7.17.